The minimum absolute atomic E-state index is 0.291. The van der Waals surface area contributed by atoms with Crippen molar-refractivity contribution >= 4 is 0 Å². The molecule has 0 aliphatic rings. The fourth-order valence-electron chi connectivity index (χ4n) is 1.17. The fraction of sp³-hybridized carbons (Fsp3) is 0.500. The lowest BCUT2D eigenvalue weighted by molar-refractivity contribution is 0.104. The summed E-state index contributed by atoms with van der Waals surface area (Å²) in [5, 5.41) is 18.7. The highest BCUT2D eigenvalue weighted by Gasteiger charge is 2.04. The standard InChI is InChI=1S/C12H18O3/c1-3-11(14)8-15-12-6-4-5-10(7-12)9(2)13/h4-7,9,11,13-14H,3,8H2,1-2H3. The quantitative estimate of drug-likeness (QED) is 0.780. The smallest absolute Gasteiger partial charge is 0.119 e. The molecule has 0 bridgehead atoms. The van der Waals surface area contributed by atoms with Gasteiger partial charge in [-0.25, -0.2) is 0 Å². The molecule has 2 atom stereocenters. The Morgan fingerprint density at radius 2 is 2.07 bits per heavy atom. The summed E-state index contributed by atoms with van der Waals surface area (Å²) < 4.78 is 5.39. The minimum Gasteiger partial charge on any atom is -0.491 e. The van der Waals surface area contributed by atoms with E-state index in [1.165, 1.54) is 0 Å². The van der Waals surface area contributed by atoms with Gasteiger partial charge in [0.1, 0.15) is 12.4 Å². The number of benzene rings is 1. The maximum Gasteiger partial charge on any atom is 0.119 e. The molecule has 0 saturated heterocycles. The highest BCUT2D eigenvalue weighted by atomic mass is 16.5. The van der Waals surface area contributed by atoms with Crippen molar-refractivity contribution in [2.75, 3.05) is 6.61 Å². The molecule has 0 heterocycles. The van der Waals surface area contributed by atoms with Crippen LogP contribution in [0, 0.1) is 0 Å². The van der Waals surface area contributed by atoms with Crippen LogP contribution in [0.4, 0.5) is 0 Å². The van der Waals surface area contributed by atoms with Crippen LogP contribution in [0.1, 0.15) is 31.9 Å². The van der Waals surface area contributed by atoms with Gasteiger partial charge in [-0.2, -0.15) is 0 Å². The molecular formula is C12H18O3. The summed E-state index contributed by atoms with van der Waals surface area (Å²) in [4.78, 5) is 0. The summed E-state index contributed by atoms with van der Waals surface area (Å²) in [5.74, 6) is 0.681. The van der Waals surface area contributed by atoms with Crippen LogP contribution >= 0.6 is 0 Å². The summed E-state index contributed by atoms with van der Waals surface area (Å²) in [6.07, 6.45) is -0.249. The number of aliphatic hydroxyl groups is 2. The van der Waals surface area contributed by atoms with Crippen molar-refractivity contribution in [3.63, 3.8) is 0 Å². The molecule has 84 valence electrons. The molecule has 0 aromatic heterocycles. The molecule has 1 aromatic rings. The van der Waals surface area contributed by atoms with Gasteiger partial charge in [-0.15, -0.1) is 0 Å². The lowest BCUT2D eigenvalue weighted by Gasteiger charge is -2.12. The van der Waals surface area contributed by atoms with Gasteiger partial charge in [-0.3, -0.25) is 0 Å². The van der Waals surface area contributed by atoms with E-state index in [2.05, 4.69) is 0 Å². The zero-order valence-corrected chi connectivity index (χ0v) is 9.18. The second-order valence-corrected chi connectivity index (χ2v) is 3.62. The predicted octanol–water partition coefficient (Wildman–Crippen LogP) is 1.89. The highest BCUT2D eigenvalue weighted by Crippen LogP contribution is 2.18. The van der Waals surface area contributed by atoms with Gasteiger partial charge < -0.3 is 14.9 Å². The van der Waals surface area contributed by atoms with Crippen molar-refractivity contribution < 1.29 is 14.9 Å². The van der Waals surface area contributed by atoms with E-state index in [-0.39, 0.29) is 0 Å². The number of hydrogen-bond donors (Lipinski definition) is 2. The summed E-state index contributed by atoms with van der Waals surface area (Å²) >= 11 is 0. The van der Waals surface area contributed by atoms with Crippen molar-refractivity contribution in [3.05, 3.63) is 29.8 Å². The molecule has 0 saturated carbocycles. The Labute approximate surface area is 90.3 Å². The molecule has 15 heavy (non-hydrogen) atoms. The van der Waals surface area contributed by atoms with E-state index in [4.69, 9.17) is 4.74 Å². The number of aliphatic hydroxyl groups excluding tert-OH is 2. The van der Waals surface area contributed by atoms with Crippen molar-refractivity contribution in [2.45, 2.75) is 32.5 Å². The van der Waals surface area contributed by atoms with Crippen LogP contribution in [-0.4, -0.2) is 22.9 Å². The van der Waals surface area contributed by atoms with Crippen molar-refractivity contribution in [3.8, 4) is 5.75 Å². The Morgan fingerprint density at radius 1 is 1.33 bits per heavy atom. The molecule has 2 unspecified atom stereocenters. The molecule has 0 aliphatic carbocycles. The summed E-state index contributed by atoms with van der Waals surface area (Å²) in [6.45, 7) is 3.90. The second-order valence-electron chi connectivity index (χ2n) is 3.62. The Hall–Kier alpha value is -1.06. The van der Waals surface area contributed by atoms with Gasteiger partial charge in [0.2, 0.25) is 0 Å². The summed E-state index contributed by atoms with van der Waals surface area (Å²) in [5.41, 5.74) is 0.818. The Morgan fingerprint density at radius 3 is 2.67 bits per heavy atom. The monoisotopic (exact) mass is 210 g/mol. The topological polar surface area (TPSA) is 49.7 Å². The van der Waals surface area contributed by atoms with Gasteiger partial charge in [0, 0.05) is 0 Å². The first kappa shape index (κ1) is 12.0. The van der Waals surface area contributed by atoms with Crippen molar-refractivity contribution in [1.29, 1.82) is 0 Å². The van der Waals surface area contributed by atoms with E-state index in [0.29, 0.717) is 18.8 Å². The van der Waals surface area contributed by atoms with Crippen molar-refractivity contribution in [2.24, 2.45) is 0 Å². The van der Waals surface area contributed by atoms with Crippen LogP contribution in [0.25, 0.3) is 0 Å². The van der Waals surface area contributed by atoms with E-state index in [1.807, 2.05) is 25.1 Å². The molecule has 0 amide bonds. The van der Waals surface area contributed by atoms with Gasteiger partial charge >= 0.3 is 0 Å². The Kier molecular flexibility index (Phi) is 4.59. The molecule has 2 N–H and O–H groups in total. The predicted molar refractivity (Wildman–Crippen MR) is 58.9 cm³/mol. The van der Waals surface area contributed by atoms with Gasteiger partial charge in [0.25, 0.3) is 0 Å². The van der Waals surface area contributed by atoms with E-state index in [9.17, 15) is 10.2 Å². The molecule has 0 aliphatic heterocycles. The van der Waals surface area contributed by atoms with Crippen LogP contribution < -0.4 is 4.74 Å². The third kappa shape index (κ3) is 3.90. The molecule has 0 fully saturated rings. The van der Waals surface area contributed by atoms with E-state index >= 15 is 0 Å². The molecule has 1 aromatic carbocycles. The number of rotatable bonds is 5. The summed E-state index contributed by atoms with van der Waals surface area (Å²) in [6, 6.07) is 7.27. The molecular weight excluding hydrogens is 192 g/mol. The first-order valence-electron chi connectivity index (χ1n) is 5.22. The van der Waals surface area contributed by atoms with Gasteiger partial charge in [-0.1, -0.05) is 19.1 Å². The van der Waals surface area contributed by atoms with Crippen LogP contribution in [0.2, 0.25) is 0 Å². The molecule has 0 spiro atoms. The second kappa shape index (κ2) is 5.73. The van der Waals surface area contributed by atoms with Crippen LogP contribution in [0.5, 0.6) is 5.75 Å². The van der Waals surface area contributed by atoms with E-state index < -0.39 is 12.2 Å². The van der Waals surface area contributed by atoms with Crippen LogP contribution in [0.3, 0.4) is 0 Å². The number of hydrogen-bond acceptors (Lipinski definition) is 3. The SMILES string of the molecule is CCC(O)COc1cccc(C(C)O)c1. The fourth-order valence-corrected chi connectivity index (χ4v) is 1.17. The maximum absolute atomic E-state index is 9.37. The normalized spacial score (nSPS) is 14.7. The Bertz CT molecular complexity index is 297. The van der Waals surface area contributed by atoms with Crippen molar-refractivity contribution in [1.82, 2.24) is 0 Å². The number of ether oxygens (including phenoxy) is 1. The average Bonchev–Trinajstić information content (AvgIpc) is 2.26. The average molecular weight is 210 g/mol. The molecule has 0 radical (unpaired) electrons. The third-order valence-corrected chi connectivity index (χ3v) is 2.25. The minimum atomic E-state index is -0.496. The maximum atomic E-state index is 9.37. The van der Waals surface area contributed by atoms with Crippen LogP contribution in [0.15, 0.2) is 24.3 Å². The molecule has 3 heteroatoms. The van der Waals surface area contributed by atoms with E-state index in [1.54, 1.807) is 13.0 Å². The van der Waals surface area contributed by atoms with Crippen LogP contribution in [-0.2, 0) is 0 Å². The molecule has 3 nitrogen and oxygen atoms in total. The lowest BCUT2D eigenvalue weighted by Crippen LogP contribution is -2.16. The first-order chi connectivity index (χ1) is 7.13. The van der Waals surface area contributed by atoms with E-state index in [0.717, 1.165) is 5.56 Å². The Balaban J connectivity index is 2.58. The largest absolute Gasteiger partial charge is 0.491 e. The highest BCUT2D eigenvalue weighted by molar-refractivity contribution is 5.29. The third-order valence-electron chi connectivity index (χ3n) is 2.25. The first-order valence-corrected chi connectivity index (χ1v) is 5.22. The lowest BCUT2D eigenvalue weighted by atomic mass is 10.1. The van der Waals surface area contributed by atoms with Gasteiger partial charge in [0.15, 0.2) is 0 Å². The summed E-state index contributed by atoms with van der Waals surface area (Å²) in [7, 11) is 0. The zero-order chi connectivity index (χ0) is 11.3. The van der Waals surface area contributed by atoms with Gasteiger partial charge in [-0.05, 0) is 31.0 Å². The van der Waals surface area contributed by atoms with Gasteiger partial charge in [0.05, 0.1) is 12.2 Å². The zero-order valence-electron chi connectivity index (χ0n) is 9.18. The molecule has 1 rings (SSSR count).